The molecule has 0 radical (unpaired) electrons. The summed E-state index contributed by atoms with van der Waals surface area (Å²) in [7, 11) is 0. The topological polar surface area (TPSA) is 17.1 Å². The number of benzene rings is 2. The number of hydrogen-bond acceptors (Lipinski definition) is 1. The van der Waals surface area contributed by atoms with Crippen LogP contribution in [0.1, 0.15) is 34.8 Å². The second-order valence-electron chi connectivity index (χ2n) is 4.64. The second kappa shape index (κ2) is 5.63. The van der Waals surface area contributed by atoms with Crippen LogP contribution in [-0.2, 0) is 6.42 Å². The Balaban J connectivity index is 2.38. The molecule has 0 aliphatic heterocycles. The van der Waals surface area contributed by atoms with Gasteiger partial charge in [0, 0.05) is 5.56 Å². The smallest absolute Gasteiger partial charge is 0.150 e. The van der Waals surface area contributed by atoms with Crippen LogP contribution in [0.15, 0.2) is 42.5 Å². The van der Waals surface area contributed by atoms with E-state index < -0.39 is 0 Å². The zero-order valence-corrected chi connectivity index (χ0v) is 10.9. The third kappa shape index (κ3) is 2.67. The van der Waals surface area contributed by atoms with Crippen LogP contribution < -0.4 is 0 Å². The molecule has 0 fully saturated rings. The molecule has 0 spiro atoms. The van der Waals surface area contributed by atoms with Crippen LogP contribution in [0.2, 0.25) is 0 Å². The van der Waals surface area contributed by atoms with Crippen molar-refractivity contribution in [2.45, 2.75) is 26.7 Å². The molecule has 0 saturated heterocycles. The molecule has 0 unspecified atom stereocenters. The molecule has 2 aromatic rings. The van der Waals surface area contributed by atoms with Gasteiger partial charge in [-0.25, -0.2) is 0 Å². The monoisotopic (exact) mass is 238 g/mol. The molecular weight excluding hydrogens is 220 g/mol. The van der Waals surface area contributed by atoms with Gasteiger partial charge < -0.3 is 0 Å². The van der Waals surface area contributed by atoms with E-state index in [-0.39, 0.29) is 0 Å². The van der Waals surface area contributed by atoms with E-state index in [0.29, 0.717) is 0 Å². The highest BCUT2D eigenvalue weighted by molar-refractivity contribution is 5.80. The summed E-state index contributed by atoms with van der Waals surface area (Å²) in [5.41, 5.74) is 5.61. The Kier molecular flexibility index (Phi) is 3.93. The first kappa shape index (κ1) is 12.6. The Morgan fingerprint density at radius 3 is 2.39 bits per heavy atom. The lowest BCUT2D eigenvalue weighted by Gasteiger charge is -2.08. The molecule has 0 bridgehead atoms. The summed E-state index contributed by atoms with van der Waals surface area (Å²) in [5.74, 6) is 0. The molecule has 0 saturated carbocycles. The number of carbonyl (C=O) groups excluding carboxylic acids is 1. The zero-order valence-electron chi connectivity index (χ0n) is 10.9. The van der Waals surface area contributed by atoms with Crippen molar-refractivity contribution in [3.8, 4) is 11.1 Å². The van der Waals surface area contributed by atoms with Gasteiger partial charge >= 0.3 is 0 Å². The molecule has 2 rings (SSSR count). The molecule has 0 amide bonds. The standard InChI is InChI=1S/C17H18O/c1-3-4-14-7-9-16(10-8-14)17-11-15(12-18)6-5-13(17)2/h5-12H,3-4H2,1-2H3. The van der Waals surface area contributed by atoms with Gasteiger partial charge in [0.05, 0.1) is 0 Å². The van der Waals surface area contributed by atoms with Crippen LogP contribution in [0.3, 0.4) is 0 Å². The fourth-order valence-corrected chi connectivity index (χ4v) is 2.16. The first-order valence-corrected chi connectivity index (χ1v) is 6.39. The largest absolute Gasteiger partial charge is 0.298 e. The van der Waals surface area contributed by atoms with E-state index in [9.17, 15) is 4.79 Å². The van der Waals surface area contributed by atoms with Crippen molar-refractivity contribution in [2.75, 3.05) is 0 Å². The molecule has 2 aromatic carbocycles. The van der Waals surface area contributed by atoms with Gasteiger partial charge in [-0.15, -0.1) is 0 Å². The predicted octanol–water partition coefficient (Wildman–Crippen LogP) is 4.43. The molecule has 1 heteroatoms. The zero-order chi connectivity index (χ0) is 13.0. The van der Waals surface area contributed by atoms with Gasteiger partial charge in [-0.05, 0) is 41.7 Å². The van der Waals surface area contributed by atoms with E-state index in [0.717, 1.165) is 23.8 Å². The molecular formula is C17H18O. The lowest BCUT2D eigenvalue weighted by atomic mass is 9.97. The van der Waals surface area contributed by atoms with Crippen LogP contribution in [0.4, 0.5) is 0 Å². The summed E-state index contributed by atoms with van der Waals surface area (Å²) in [6.45, 7) is 4.26. The summed E-state index contributed by atoms with van der Waals surface area (Å²) >= 11 is 0. The fourth-order valence-electron chi connectivity index (χ4n) is 2.16. The van der Waals surface area contributed by atoms with Crippen molar-refractivity contribution >= 4 is 6.29 Å². The fraction of sp³-hybridized carbons (Fsp3) is 0.235. The van der Waals surface area contributed by atoms with Crippen molar-refractivity contribution in [1.29, 1.82) is 0 Å². The Hall–Kier alpha value is -1.89. The molecule has 0 aliphatic rings. The third-order valence-corrected chi connectivity index (χ3v) is 3.20. The first-order valence-electron chi connectivity index (χ1n) is 6.39. The molecule has 0 heterocycles. The van der Waals surface area contributed by atoms with Crippen LogP contribution in [-0.4, -0.2) is 6.29 Å². The van der Waals surface area contributed by atoms with Gasteiger partial charge in [0.15, 0.2) is 0 Å². The highest BCUT2D eigenvalue weighted by atomic mass is 16.1. The summed E-state index contributed by atoms with van der Waals surface area (Å²) in [5, 5.41) is 0. The molecule has 0 N–H and O–H groups in total. The van der Waals surface area contributed by atoms with Gasteiger partial charge in [0.1, 0.15) is 6.29 Å². The summed E-state index contributed by atoms with van der Waals surface area (Å²) in [6.07, 6.45) is 3.18. The maximum absolute atomic E-state index is 10.8. The third-order valence-electron chi connectivity index (χ3n) is 3.20. The maximum atomic E-state index is 10.8. The molecule has 0 aromatic heterocycles. The van der Waals surface area contributed by atoms with Crippen molar-refractivity contribution in [2.24, 2.45) is 0 Å². The average molecular weight is 238 g/mol. The van der Waals surface area contributed by atoms with Crippen molar-refractivity contribution in [3.63, 3.8) is 0 Å². The van der Waals surface area contributed by atoms with Crippen LogP contribution in [0, 0.1) is 6.92 Å². The normalized spacial score (nSPS) is 10.3. The second-order valence-corrected chi connectivity index (χ2v) is 4.64. The predicted molar refractivity (Wildman–Crippen MR) is 76.0 cm³/mol. The van der Waals surface area contributed by atoms with E-state index >= 15 is 0 Å². The van der Waals surface area contributed by atoms with Gasteiger partial charge in [-0.3, -0.25) is 4.79 Å². The summed E-state index contributed by atoms with van der Waals surface area (Å²) in [4.78, 5) is 10.8. The van der Waals surface area contributed by atoms with Crippen molar-refractivity contribution < 1.29 is 4.79 Å². The van der Waals surface area contributed by atoms with Gasteiger partial charge in [0.2, 0.25) is 0 Å². The average Bonchev–Trinajstić information content (AvgIpc) is 2.41. The van der Waals surface area contributed by atoms with Crippen LogP contribution >= 0.6 is 0 Å². The first-order chi connectivity index (χ1) is 8.74. The molecule has 0 aliphatic carbocycles. The maximum Gasteiger partial charge on any atom is 0.150 e. The summed E-state index contributed by atoms with van der Waals surface area (Å²) in [6, 6.07) is 14.4. The Bertz CT molecular complexity index is 538. The van der Waals surface area contributed by atoms with Crippen LogP contribution in [0.25, 0.3) is 11.1 Å². The van der Waals surface area contributed by atoms with E-state index in [2.05, 4.69) is 38.1 Å². The van der Waals surface area contributed by atoms with Crippen molar-refractivity contribution in [1.82, 2.24) is 0 Å². The van der Waals surface area contributed by atoms with Gasteiger partial charge in [-0.1, -0.05) is 49.7 Å². The number of aryl methyl sites for hydroxylation is 2. The molecule has 18 heavy (non-hydrogen) atoms. The molecule has 92 valence electrons. The van der Waals surface area contributed by atoms with Gasteiger partial charge in [-0.2, -0.15) is 0 Å². The van der Waals surface area contributed by atoms with E-state index in [4.69, 9.17) is 0 Å². The minimum atomic E-state index is 0.730. The highest BCUT2D eigenvalue weighted by Gasteiger charge is 2.03. The Labute approximate surface area is 108 Å². The van der Waals surface area contributed by atoms with Crippen LogP contribution in [0.5, 0.6) is 0 Å². The van der Waals surface area contributed by atoms with E-state index in [1.165, 1.54) is 23.1 Å². The van der Waals surface area contributed by atoms with Gasteiger partial charge in [0.25, 0.3) is 0 Å². The Morgan fingerprint density at radius 2 is 1.78 bits per heavy atom. The molecule has 1 nitrogen and oxygen atoms in total. The molecule has 0 atom stereocenters. The summed E-state index contributed by atoms with van der Waals surface area (Å²) < 4.78 is 0. The number of hydrogen-bond donors (Lipinski definition) is 0. The lowest BCUT2D eigenvalue weighted by Crippen LogP contribution is -1.88. The van der Waals surface area contributed by atoms with E-state index in [1.54, 1.807) is 0 Å². The minimum absolute atomic E-state index is 0.730. The quantitative estimate of drug-likeness (QED) is 0.720. The number of carbonyl (C=O) groups is 1. The van der Waals surface area contributed by atoms with Crippen molar-refractivity contribution in [3.05, 3.63) is 59.2 Å². The SMILES string of the molecule is CCCc1ccc(-c2cc(C=O)ccc2C)cc1. The highest BCUT2D eigenvalue weighted by Crippen LogP contribution is 2.24. The van der Waals surface area contributed by atoms with E-state index in [1.807, 2.05) is 18.2 Å². The lowest BCUT2D eigenvalue weighted by molar-refractivity contribution is 0.112. The Morgan fingerprint density at radius 1 is 1.06 bits per heavy atom. The number of aldehydes is 1. The minimum Gasteiger partial charge on any atom is -0.298 e. The number of rotatable bonds is 4.